The maximum atomic E-state index is 5.32. The number of nitrogens with zero attached hydrogens (tertiary/aromatic N) is 6. The summed E-state index contributed by atoms with van der Waals surface area (Å²) in [7, 11) is 0. The molecule has 0 amide bonds. The molecule has 48 heavy (non-hydrogen) atoms. The molecule has 6 heterocycles. The second kappa shape index (κ2) is 13.9. The van der Waals surface area contributed by atoms with Gasteiger partial charge >= 0.3 is 0 Å². The minimum atomic E-state index is -0.575. The van der Waals surface area contributed by atoms with Gasteiger partial charge in [-0.25, -0.2) is 0 Å². The Morgan fingerprint density at radius 3 is 0.854 bits per heavy atom. The Hall–Kier alpha value is -5.10. The zero-order chi connectivity index (χ0) is 33.7. The number of rotatable bonds is 11. The lowest BCUT2D eigenvalue weighted by Gasteiger charge is -2.32. The first kappa shape index (κ1) is 32.8. The maximum absolute atomic E-state index is 5.32. The summed E-state index contributed by atoms with van der Waals surface area (Å²) in [4.78, 5) is 30.7. The lowest BCUT2D eigenvalue weighted by molar-refractivity contribution is 0.533. The van der Waals surface area contributed by atoms with Gasteiger partial charge in [-0.15, -0.1) is 0 Å². The average Bonchev–Trinajstić information content (AvgIpc) is 3.09. The van der Waals surface area contributed by atoms with Crippen molar-refractivity contribution < 1.29 is 0 Å². The van der Waals surface area contributed by atoms with Crippen LogP contribution >= 0.6 is 0 Å². The number of aryl methyl sites for hydroxylation is 6. The predicted molar refractivity (Wildman–Crippen MR) is 192 cm³/mol. The minimum Gasteiger partial charge on any atom is -0.257 e. The summed E-state index contributed by atoms with van der Waals surface area (Å²) >= 11 is 0. The molecule has 0 aromatic carbocycles. The molecule has 0 unspecified atom stereocenters. The van der Waals surface area contributed by atoms with E-state index in [1.165, 1.54) is 0 Å². The van der Waals surface area contributed by atoms with Gasteiger partial charge in [-0.1, -0.05) is 50.2 Å². The third kappa shape index (κ3) is 6.27. The monoisotopic (exact) mass is 632 g/mol. The summed E-state index contributed by atoms with van der Waals surface area (Å²) in [6.07, 6.45) is 3.05. The van der Waals surface area contributed by atoms with Crippen molar-refractivity contribution in [3.63, 3.8) is 0 Å². The van der Waals surface area contributed by atoms with Crippen molar-refractivity contribution in [3.05, 3.63) is 178 Å². The van der Waals surface area contributed by atoms with E-state index in [0.29, 0.717) is 0 Å². The molecule has 6 aromatic rings. The molecule has 0 fully saturated rings. The van der Waals surface area contributed by atoms with Crippen molar-refractivity contribution in [2.45, 2.75) is 78.1 Å². The van der Waals surface area contributed by atoms with Crippen LogP contribution in [-0.4, -0.2) is 29.9 Å². The van der Waals surface area contributed by atoms with Gasteiger partial charge in [-0.05, 0) is 126 Å². The molecule has 6 aromatic heterocycles. The van der Waals surface area contributed by atoms with E-state index in [-0.39, 0.29) is 0 Å². The number of hydrogen-bond acceptors (Lipinski definition) is 6. The van der Waals surface area contributed by atoms with Crippen molar-refractivity contribution in [2.24, 2.45) is 0 Å². The molecule has 0 radical (unpaired) electrons. The van der Waals surface area contributed by atoms with Crippen molar-refractivity contribution in [1.82, 2.24) is 29.9 Å². The highest BCUT2D eigenvalue weighted by Crippen LogP contribution is 2.41. The molecule has 0 saturated heterocycles. The fourth-order valence-corrected chi connectivity index (χ4v) is 6.97. The Morgan fingerprint density at radius 2 is 0.604 bits per heavy atom. The van der Waals surface area contributed by atoms with Gasteiger partial charge < -0.3 is 0 Å². The first-order chi connectivity index (χ1) is 23.3. The summed E-state index contributed by atoms with van der Waals surface area (Å²) in [5.41, 5.74) is 10.6. The van der Waals surface area contributed by atoms with Crippen molar-refractivity contribution in [3.8, 4) is 0 Å². The van der Waals surface area contributed by atoms with E-state index >= 15 is 0 Å². The van der Waals surface area contributed by atoms with Crippen LogP contribution in [0.4, 0.5) is 0 Å². The van der Waals surface area contributed by atoms with E-state index in [1.807, 2.05) is 52.0 Å². The van der Waals surface area contributed by atoms with Gasteiger partial charge in [0.1, 0.15) is 0 Å². The Kier molecular flexibility index (Phi) is 9.54. The molecule has 242 valence electrons. The number of pyridine rings is 6. The molecule has 0 bridgehead atoms. The highest BCUT2D eigenvalue weighted by molar-refractivity contribution is 5.45. The smallest absolute Gasteiger partial charge is 0.0964 e. The molecule has 0 N–H and O–H groups in total. The summed E-state index contributed by atoms with van der Waals surface area (Å²) in [6, 6.07) is 37.6. The third-order valence-electron chi connectivity index (χ3n) is 9.49. The molecule has 6 nitrogen and oxygen atoms in total. The molecule has 0 spiro atoms. The van der Waals surface area contributed by atoms with E-state index in [2.05, 4.69) is 98.8 Å². The van der Waals surface area contributed by atoms with Crippen molar-refractivity contribution >= 4 is 0 Å². The average molecular weight is 633 g/mol. The highest BCUT2D eigenvalue weighted by atomic mass is 14.9. The molecule has 0 aliphatic heterocycles. The summed E-state index contributed by atoms with van der Waals surface area (Å²) in [5.74, 6) is 0. The van der Waals surface area contributed by atoms with Crippen LogP contribution < -0.4 is 0 Å². The Bertz CT molecular complexity index is 1800. The standard InChI is InChI=1S/C42H44N6/c1-7-41(35-21-9-15-29(3)43-35,36-22-10-16-30(4)44-36)39-25-13-19-33(47-39)27-28-34-20-14-26-40(48-34)42(8-2,37-23-11-17-31(5)45-37)38-24-12-18-32(6)46-38/h9-26H,7-8,27-28H2,1-6H3. The fraction of sp³-hybridized carbons (Fsp3) is 0.286. The fourth-order valence-electron chi connectivity index (χ4n) is 6.97. The van der Waals surface area contributed by atoms with E-state index in [9.17, 15) is 0 Å². The molecule has 0 aliphatic carbocycles. The summed E-state index contributed by atoms with van der Waals surface area (Å²) in [5, 5.41) is 0. The number of aromatic nitrogens is 6. The third-order valence-corrected chi connectivity index (χ3v) is 9.49. The Labute approximate surface area is 284 Å². The van der Waals surface area contributed by atoms with Crippen LogP contribution in [-0.2, 0) is 23.7 Å². The molecule has 0 atom stereocenters. The van der Waals surface area contributed by atoms with E-state index in [1.54, 1.807) is 0 Å². The second-order valence-electron chi connectivity index (χ2n) is 12.7. The second-order valence-corrected chi connectivity index (χ2v) is 12.7. The summed E-state index contributed by atoms with van der Waals surface area (Å²) < 4.78 is 0. The normalized spacial score (nSPS) is 11.9. The minimum absolute atomic E-state index is 0.575. The van der Waals surface area contributed by atoms with Gasteiger partial charge in [0.05, 0.1) is 45.0 Å². The topological polar surface area (TPSA) is 77.3 Å². The Morgan fingerprint density at radius 1 is 0.354 bits per heavy atom. The zero-order valence-electron chi connectivity index (χ0n) is 28.9. The van der Waals surface area contributed by atoms with Gasteiger partial charge in [-0.3, -0.25) is 29.9 Å². The van der Waals surface area contributed by atoms with Crippen LogP contribution in [0.5, 0.6) is 0 Å². The van der Waals surface area contributed by atoms with E-state index in [4.69, 9.17) is 29.9 Å². The molecule has 6 rings (SSSR count). The molecule has 0 aliphatic rings. The molecular formula is C42H44N6. The van der Waals surface area contributed by atoms with Crippen LogP contribution in [0, 0.1) is 27.7 Å². The molecule has 0 saturated carbocycles. The predicted octanol–water partition coefficient (Wildman–Crippen LogP) is 8.56. The first-order valence-electron chi connectivity index (χ1n) is 17.0. The Balaban J connectivity index is 1.37. The van der Waals surface area contributed by atoms with Crippen molar-refractivity contribution in [2.75, 3.05) is 0 Å². The van der Waals surface area contributed by atoms with Crippen LogP contribution in [0.1, 0.15) is 95.0 Å². The van der Waals surface area contributed by atoms with Crippen LogP contribution in [0.2, 0.25) is 0 Å². The quantitative estimate of drug-likeness (QED) is 0.142. The first-order valence-corrected chi connectivity index (χ1v) is 17.0. The zero-order valence-corrected chi connectivity index (χ0v) is 28.9. The molecule has 6 heteroatoms. The van der Waals surface area contributed by atoms with Gasteiger partial charge in [0.25, 0.3) is 0 Å². The van der Waals surface area contributed by atoms with Gasteiger partial charge in [0, 0.05) is 34.2 Å². The number of hydrogen-bond donors (Lipinski definition) is 0. The van der Waals surface area contributed by atoms with Gasteiger partial charge in [-0.2, -0.15) is 0 Å². The van der Waals surface area contributed by atoms with Crippen LogP contribution in [0.15, 0.2) is 109 Å². The van der Waals surface area contributed by atoms with Gasteiger partial charge in [0.15, 0.2) is 0 Å². The van der Waals surface area contributed by atoms with Gasteiger partial charge in [0.2, 0.25) is 0 Å². The lowest BCUT2D eigenvalue weighted by Crippen LogP contribution is -2.33. The lowest BCUT2D eigenvalue weighted by atomic mass is 9.74. The summed E-state index contributed by atoms with van der Waals surface area (Å²) in [6.45, 7) is 12.5. The SMILES string of the molecule is CCC(c1cccc(C)n1)(c1cccc(C)n1)c1cccc(CCc2cccc(C(CC)(c3cccc(C)n3)c3cccc(C)n3)n2)n1. The van der Waals surface area contributed by atoms with Crippen LogP contribution in [0.25, 0.3) is 0 Å². The van der Waals surface area contributed by atoms with Crippen molar-refractivity contribution in [1.29, 1.82) is 0 Å². The van der Waals surface area contributed by atoms with Crippen LogP contribution in [0.3, 0.4) is 0 Å². The maximum Gasteiger partial charge on any atom is 0.0964 e. The highest BCUT2D eigenvalue weighted by Gasteiger charge is 2.40. The van der Waals surface area contributed by atoms with E-state index in [0.717, 1.165) is 94.0 Å². The van der Waals surface area contributed by atoms with E-state index < -0.39 is 10.8 Å². The molecular weight excluding hydrogens is 589 g/mol. The largest absolute Gasteiger partial charge is 0.257 e.